The molecule has 0 atom stereocenters. The second-order valence-corrected chi connectivity index (χ2v) is 4.85. The zero-order valence-electron chi connectivity index (χ0n) is 10.7. The first-order chi connectivity index (χ1) is 9.65. The Bertz CT molecular complexity index is 787. The summed E-state index contributed by atoms with van der Waals surface area (Å²) in [5.41, 5.74) is 1.37. The van der Waals surface area contributed by atoms with Crippen LogP contribution in [0, 0.1) is 6.92 Å². The van der Waals surface area contributed by atoms with Gasteiger partial charge in [0, 0.05) is 17.4 Å². The van der Waals surface area contributed by atoms with E-state index in [-0.39, 0.29) is 5.69 Å². The number of hydrogen-bond donors (Lipinski definition) is 1. The van der Waals surface area contributed by atoms with Crippen LogP contribution < -0.4 is 5.69 Å². The number of aromatic nitrogens is 5. The molecule has 1 aromatic carbocycles. The number of nitrogens with zero attached hydrogens (tertiary/aromatic N) is 4. The minimum absolute atomic E-state index is 0.294. The molecule has 7 heteroatoms. The molecule has 2 aromatic heterocycles. The van der Waals surface area contributed by atoms with Gasteiger partial charge >= 0.3 is 5.69 Å². The minimum Gasteiger partial charge on any atom is -0.265 e. The zero-order chi connectivity index (χ0) is 14.1. The van der Waals surface area contributed by atoms with Gasteiger partial charge in [-0.1, -0.05) is 17.7 Å². The highest BCUT2D eigenvalue weighted by Crippen LogP contribution is 2.19. The molecule has 20 heavy (non-hydrogen) atoms. The molecule has 0 spiro atoms. The zero-order valence-corrected chi connectivity index (χ0v) is 11.5. The number of hydrogen-bond acceptors (Lipinski definition) is 3. The van der Waals surface area contributed by atoms with Crippen LogP contribution in [-0.4, -0.2) is 24.5 Å². The fraction of sp³-hybridized carbons (Fsp3) is 0.154. The van der Waals surface area contributed by atoms with Crippen molar-refractivity contribution < 1.29 is 0 Å². The average Bonchev–Trinajstić information content (AvgIpc) is 3.04. The third kappa shape index (κ3) is 2.25. The average molecular weight is 290 g/mol. The molecule has 0 aliphatic heterocycles. The summed E-state index contributed by atoms with van der Waals surface area (Å²) in [6.07, 6.45) is 3.49. The minimum atomic E-state index is -0.294. The Morgan fingerprint density at radius 3 is 3.00 bits per heavy atom. The molecule has 102 valence electrons. The normalized spacial score (nSPS) is 10.9. The van der Waals surface area contributed by atoms with Gasteiger partial charge in [0.2, 0.25) is 0 Å². The van der Waals surface area contributed by atoms with Crippen molar-refractivity contribution in [3.63, 3.8) is 0 Å². The van der Waals surface area contributed by atoms with Crippen molar-refractivity contribution in [2.45, 2.75) is 13.5 Å². The Labute approximate surface area is 119 Å². The largest absolute Gasteiger partial charge is 0.348 e. The van der Waals surface area contributed by atoms with E-state index in [4.69, 9.17) is 11.6 Å². The number of halogens is 1. The monoisotopic (exact) mass is 289 g/mol. The summed E-state index contributed by atoms with van der Waals surface area (Å²) in [5.74, 6) is 0.573. The molecule has 2 heterocycles. The topological polar surface area (TPSA) is 68.5 Å². The summed E-state index contributed by atoms with van der Waals surface area (Å²) in [6.45, 7) is 2.32. The van der Waals surface area contributed by atoms with Gasteiger partial charge in [-0.3, -0.25) is 4.68 Å². The van der Waals surface area contributed by atoms with Gasteiger partial charge in [0.1, 0.15) is 6.54 Å². The van der Waals surface area contributed by atoms with Crippen molar-refractivity contribution in [3.05, 3.63) is 63.6 Å². The molecule has 0 aliphatic rings. The first kappa shape index (κ1) is 12.7. The number of H-pyrrole nitrogens is 1. The van der Waals surface area contributed by atoms with E-state index in [2.05, 4.69) is 15.3 Å². The van der Waals surface area contributed by atoms with E-state index in [0.717, 1.165) is 11.3 Å². The molecule has 0 bridgehead atoms. The fourth-order valence-corrected chi connectivity index (χ4v) is 2.21. The highest BCUT2D eigenvalue weighted by Gasteiger charge is 2.13. The van der Waals surface area contributed by atoms with E-state index in [1.165, 1.54) is 4.57 Å². The van der Waals surface area contributed by atoms with Crippen molar-refractivity contribution in [3.8, 4) is 5.69 Å². The van der Waals surface area contributed by atoms with E-state index < -0.39 is 0 Å². The third-order valence-electron chi connectivity index (χ3n) is 3.02. The predicted molar refractivity (Wildman–Crippen MR) is 75.3 cm³/mol. The van der Waals surface area contributed by atoms with Crippen LogP contribution in [0.3, 0.4) is 0 Å². The number of nitrogens with one attached hydrogen (secondary N) is 1. The van der Waals surface area contributed by atoms with Gasteiger partial charge in [-0.2, -0.15) is 10.2 Å². The Hall–Kier alpha value is -2.34. The highest BCUT2D eigenvalue weighted by molar-refractivity contribution is 6.30. The van der Waals surface area contributed by atoms with Crippen LogP contribution in [0.4, 0.5) is 0 Å². The predicted octanol–water partition coefficient (Wildman–Crippen LogP) is 1.77. The van der Waals surface area contributed by atoms with Gasteiger partial charge in [0.05, 0.1) is 5.69 Å². The summed E-state index contributed by atoms with van der Waals surface area (Å²) in [7, 11) is 0. The van der Waals surface area contributed by atoms with Crippen LogP contribution in [0.2, 0.25) is 5.02 Å². The van der Waals surface area contributed by atoms with E-state index in [1.54, 1.807) is 23.0 Å². The van der Waals surface area contributed by atoms with E-state index in [1.807, 2.05) is 25.3 Å². The van der Waals surface area contributed by atoms with Gasteiger partial charge in [0.25, 0.3) is 0 Å². The second kappa shape index (κ2) is 4.97. The Kier molecular flexibility index (Phi) is 3.15. The van der Waals surface area contributed by atoms with Crippen molar-refractivity contribution in [1.82, 2.24) is 24.5 Å². The van der Waals surface area contributed by atoms with Crippen LogP contribution in [0.5, 0.6) is 0 Å². The molecule has 1 N–H and O–H groups in total. The summed E-state index contributed by atoms with van der Waals surface area (Å²) < 4.78 is 3.22. The summed E-state index contributed by atoms with van der Waals surface area (Å²) in [4.78, 5) is 12.0. The summed E-state index contributed by atoms with van der Waals surface area (Å²) in [6, 6.07) is 7.23. The van der Waals surface area contributed by atoms with Gasteiger partial charge in [-0.15, -0.1) is 0 Å². The number of benzene rings is 1. The summed E-state index contributed by atoms with van der Waals surface area (Å²) in [5, 5.41) is 11.2. The lowest BCUT2D eigenvalue weighted by atomic mass is 10.2. The first-order valence-corrected chi connectivity index (χ1v) is 6.43. The van der Waals surface area contributed by atoms with Crippen molar-refractivity contribution >= 4 is 11.6 Å². The summed E-state index contributed by atoms with van der Waals surface area (Å²) >= 11 is 6.02. The Morgan fingerprint density at radius 1 is 1.40 bits per heavy atom. The first-order valence-electron chi connectivity index (χ1n) is 6.05. The standard InChI is InChI=1S/C13H12ClN5O/c1-9-3-4-10(14)7-11(9)19-12(16-17-13(19)20)8-18-6-2-5-15-18/h2-7H,8H2,1H3,(H,17,20). The fourth-order valence-electron chi connectivity index (χ4n) is 2.05. The number of aromatic amines is 1. The van der Waals surface area contributed by atoms with E-state index in [0.29, 0.717) is 17.4 Å². The molecule has 0 unspecified atom stereocenters. The third-order valence-corrected chi connectivity index (χ3v) is 3.25. The van der Waals surface area contributed by atoms with Gasteiger partial charge < -0.3 is 0 Å². The second-order valence-electron chi connectivity index (χ2n) is 4.41. The maximum absolute atomic E-state index is 12.0. The lowest BCUT2D eigenvalue weighted by Gasteiger charge is -2.09. The van der Waals surface area contributed by atoms with Crippen molar-refractivity contribution in [2.24, 2.45) is 0 Å². The Balaban J connectivity index is 2.11. The molecule has 0 saturated carbocycles. The van der Waals surface area contributed by atoms with Crippen molar-refractivity contribution in [1.29, 1.82) is 0 Å². The van der Waals surface area contributed by atoms with Crippen LogP contribution in [0.25, 0.3) is 5.69 Å². The van der Waals surface area contributed by atoms with E-state index >= 15 is 0 Å². The quantitative estimate of drug-likeness (QED) is 0.799. The van der Waals surface area contributed by atoms with Gasteiger partial charge in [0.15, 0.2) is 5.82 Å². The highest BCUT2D eigenvalue weighted by atomic mass is 35.5. The SMILES string of the molecule is Cc1ccc(Cl)cc1-n1c(Cn2cccn2)n[nH]c1=O. The maximum atomic E-state index is 12.0. The van der Waals surface area contributed by atoms with Crippen LogP contribution >= 0.6 is 11.6 Å². The van der Waals surface area contributed by atoms with Gasteiger partial charge in [-0.25, -0.2) is 14.5 Å². The maximum Gasteiger partial charge on any atom is 0.348 e. The molecule has 0 radical (unpaired) electrons. The lowest BCUT2D eigenvalue weighted by molar-refractivity contribution is 0.642. The van der Waals surface area contributed by atoms with Crippen LogP contribution in [0.15, 0.2) is 41.5 Å². The molecule has 0 amide bonds. The molecular weight excluding hydrogens is 278 g/mol. The molecule has 0 fully saturated rings. The molecular formula is C13H12ClN5O. The van der Waals surface area contributed by atoms with E-state index in [9.17, 15) is 4.79 Å². The van der Waals surface area contributed by atoms with Crippen LogP contribution in [-0.2, 0) is 6.54 Å². The number of aryl methyl sites for hydroxylation is 1. The smallest absolute Gasteiger partial charge is 0.265 e. The van der Waals surface area contributed by atoms with Gasteiger partial charge in [-0.05, 0) is 30.7 Å². The molecule has 3 aromatic rings. The number of rotatable bonds is 3. The molecule has 3 rings (SSSR count). The molecule has 6 nitrogen and oxygen atoms in total. The Morgan fingerprint density at radius 2 is 2.25 bits per heavy atom. The lowest BCUT2D eigenvalue weighted by Crippen LogP contribution is -2.19. The molecule has 0 aliphatic carbocycles. The molecule has 0 saturated heterocycles. The van der Waals surface area contributed by atoms with Crippen molar-refractivity contribution in [2.75, 3.05) is 0 Å². The van der Waals surface area contributed by atoms with Crippen LogP contribution in [0.1, 0.15) is 11.4 Å².